The van der Waals surface area contributed by atoms with E-state index in [0.717, 1.165) is 6.07 Å². The molecular weight excluding hydrogens is 356 g/mol. The lowest BCUT2D eigenvalue weighted by atomic mass is 10.1. The maximum absolute atomic E-state index is 14.2. The molecule has 0 fully saturated rings. The fraction of sp³-hybridized carbons (Fsp3) is 0. The monoisotopic (exact) mass is 367 g/mol. The Morgan fingerprint density at radius 2 is 2.00 bits per heavy atom. The average molecular weight is 368 g/mol. The van der Waals surface area contributed by atoms with Crippen LogP contribution in [0, 0.1) is 5.82 Å². The number of amides is 1. The van der Waals surface area contributed by atoms with E-state index in [9.17, 15) is 9.18 Å². The number of benzene rings is 1. The van der Waals surface area contributed by atoms with Crippen molar-refractivity contribution in [1.29, 1.82) is 0 Å². The fourth-order valence-corrected chi connectivity index (χ4v) is 2.37. The number of nitrogen functional groups attached to an aromatic ring is 1. The van der Waals surface area contributed by atoms with E-state index in [1.165, 1.54) is 24.4 Å². The second kappa shape index (κ2) is 6.86. The molecule has 0 bridgehead atoms. The van der Waals surface area contributed by atoms with E-state index in [1.807, 2.05) is 0 Å². The normalized spacial score (nSPS) is 10.2. The highest BCUT2D eigenvalue weighted by Gasteiger charge is 2.19. The summed E-state index contributed by atoms with van der Waals surface area (Å²) in [6, 6.07) is 7.25. The van der Waals surface area contributed by atoms with Gasteiger partial charge in [-0.25, -0.2) is 14.4 Å². The molecule has 6 nitrogen and oxygen atoms in total. The number of nitrogens with one attached hydrogen (secondary N) is 1. The zero-order chi connectivity index (χ0) is 16.6. The third kappa shape index (κ3) is 3.32. The van der Waals surface area contributed by atoms with Crippen molar-refractivity contribution >= 4 is 35.9 Å². The molecule has 0 saturated heterocycles. The summed E-state index contributed by atoms with van der Waals surface area (Å²) in [6.07, 6.45) is 1.48. The van der Waals surface area contributed by atoms with Gasteiger partial charge in [0, 0.05) is 16.8 Å². The number of nitrogens with two attached hydrogens (primary N) is 2. The predicted molar refractivity (Wildman–Crippen MR) is 92.4 cm³/mol. The number of primary amides is 1. The Morgan fingerprint density at radius 1 is 1.25 bits per heavy atom. The van der Waals surface area contributed by atoms with Crippen molar-refractivity contribution in [2.24, 2.45) is 5.73 Å². The first-order chi connectivity index (χ1) is 11.0. The van der Waals surface area contributed by atoms with Crippen molar-refractivity contribution in [2.45, 2.75) is 0 Å². The van der Waals surface area contributed by atoms with Gasteiger partial charge >= 0.3 is 0 Å². The van der Waals surface area contributed by atoms with E-state index in [4.69, 9.17) is 23.1 Å². The first-order valence-corrected chi connectivity index (χ1v) is 6.90. The van der Waals surface area contributed by atoms with Gasteiger partial charge in [0.15, 0.2) is 0 Å². The topological polar surface area (TPSA) is 111 Å². The van der Waals surface area contributed by atoms with Crippen LogP contribution in [0.5, 0.6) is 0 Å². The highest BCUT2D eigenvalue weighted by atomic mass is 35.5. The highest BCUT2D eigenvalue weighted by molar-refractivity contribution is 6.30. The van der Waals surface area contributed by atoms with Gasteiger partial charge in [-0.1, -0.05) is 11.6 Å². The molecule has 2 heterocycles. The van der Waals surface area contributed by atoms with Crippen LogP contribution in [-0.4, -0.2) is 20.9 Å². The minimum absolute atomic E-state index is 0. The van der Waals surface area contributed by atoms with Crippen LogP contribution in [0.15, 0.2) is 36.5 Å². The van der Waals surface area contributed by atoms with Crippen LogP contribution >= 0.6 is 24.0 Å². The maximum Gasteiger partial charge on any atom is 0.250 e. The molecule has 9 heteroatoms. The molecule has 1 aromatic carbocycles. The number of H-pyrrole nitrogens is 1. The first kappa shape index (κ1) is 17.7. The van der Waals surface area contributed by atoms with E-state index < -0.39 is 11.7 Å². The van der Waals surface area contributed by atoms with Gasteiger partial charge in [0.1, 0.15) is 5.82 Å². The number of aromatic amines is 1. The van der Waals surface area contributed by atoms with Crippen LogP contribution < -0.4 is 11.5 Å². The van der Waals surface area contributed by atoms with Gasteiger partial charge in [-0.15, -0.1) is 12.4 Å². The number of anilines is 1. The van der Waals surface area contributed by atoms with E-state index >= 15 is 0 Å². The van der Waals surface area contributed by atoms with Gasteiger partial charge in [0.25, 0.3) is 5.91 Å². The lowest BCUT2D eigenvalue weighted by Gasteiger charge is -2.04. The molecular formula is C15H12Cl2FN5O. The SMILES string of the molecule is Cl.NC(=O)c1cc(-c2ccnc(N)n2)[nH]c1-c1ccc(Cl)cc1F. The number of carbonyl (C=O) groups excluding carboxylic acids is 1. The molecule has 124 valence electrons. The lowest BCUT2D eigenvalue weighted by molar-refractivity contribution is 0.100. The Hall–Kier alpha value is -2.64. The Bertz CT molecular complexity index is 913. The number of aromatic nitrogens is 3. The molecule has 0 aliphatic rings. The molecule has 0 radical (unpaired) electrons. The minimum atomic E-state index is -0.695. The van der Waals surface area contributed by atoms with Gasteiger partial charge < -0.3 is 16.5 Å². The van der Waals surface area contributed by atoms with Crippen molar-refractivity contribution in [3.05, 3.63) is 52.9 Å². The van der Waals surface area contributed by atoms with E-state index in [2.05, 4.69) is 15.0 Å². The standard InChI is InChI=1S/C15H11ClFN5O.ClH/c16-7-1-2-8(10(17)5-7)13-9(14(18)23)6-12(21-13)11-3-4-20-15(19)22-11;/h1-6,21H,(H2,18,23)(H2,19,20,22);1H. The molecule has 0 saturated carbocycles. The smallest absolute Gasteiger partial charge is 0.250 e. The summed E-state index contributed by atoms with van der Waals surface area (Å²) >= 11 is 5.75. The van der Waals surface area contributed by atoms with Crippen molar-refractivity contribution in [2.75, 3.05) is 5.73 Å². The van der Waals surface area contributed by atoms with Gasteiger partial charge in [-0.2, -0.15) is 0 Å². The molecule has 0 aliphatic carbocycles. The van der Waals surface area contributed by atoms with Gasteiger partial charge in [0.05, 0.1) is 22.6 Å². The lowest BCUT2D eigenvalue weighted by Crippen LogP contribution is -2.11. The van der Waals surface area contributed by atoms with E-state index in [1.54, 1.807) is 6.07 Å². The van der Waals surface area contributed by atoms with Crippen LogP contribution in [0.3, 0.4) is 0 Å². The number of nitrogens with zero attached hydrogens (tertiary/aromatic N) is 2. The summed E-state index contributed by atoms with van der Waals surface area (Å²) in [5.74, 6) is -1.19. The van der Waals surface area contributed by atoms with Crippen molar-refractivity contribution < 1.29 is 9.18 Å². The average Bonchev–Trinajstić information content (AvgIpc) is 2.92. The summed E-state index contributed by atoms with van der Waals surface area (Å²) in [6.45, 7) is 0. The van der Waals surface area contributed by atoms with Crippen molar-refractivity contribution in [3.8, 4) is 22.6 Å². The van der Waals surface area contributed by atoms with Crippen LogP contribution in [0.1, 0.15) is 10.4 Å². The summed E-state index contributed by atoms with van der Waals surface area (Å²) in [5.41, 5.74) is 12.4. The second-order valence-electron chi connectivity index (χ2n) is 4.76. The first-order valence-electron chi connectivity index (χ1n) is 6.53. The quantitative estimate of drug-likeness (QED) is 0.660. The number of carbonyl (C=O) groups is 1. The zero-order valence-electron chi connectivity index (χ0n) is 12.1. The summed E-state index contributed by atoms with van der Waals surface area (Å²) in [7, 11) is 0. The van der Waals surface area contributed by atoms with Gasteiger partial charge in [-0.3, -0.25) is 4.79 Å². The molecule has 0 atom stereocenters. The number of hydrogen-bond acceptors (Lipinski definition) is 4. The Morgan fingerprint density at radius 3 is 2.62 bits per heavy atom. The Balaban J connectivity index is 0.00000208. The summed E-state index contributed by atoms with van der Waals surface area (Å²) in [4.78, 5) is 22.5. The number of hydrogen-bond donors (Lipinski definition) is 3. The minimum Gasteiger partial charge on any atom is -0.368 e. The molecule has 24 heavy (non-hydrogen) atoms. The van der Waals surface area contributed by atoms with Crippen LogP contribution in [0.25, 0.3) is 22.6 Å². The fourth-order valence-electron chi connectivity index (χ4n) is 2.22. The van der Waals surface area contributed by atoms with Crippen LogP contribution in [0.4, 0.5) is 10.3 Å². The van der Waals surface area contributed by atoms with Gasteiger partial charge in [-0.05, 0) is 30.3 Å². The Labute approximate surface area is 147 Å². The molecule has 3 aromatic rings. The van der Waals surface area contributed by atoms with E-state index in [0.29, 0.717) is 11.4 Å². The Kier molecular flexibility index (Phi) is 5.06. The molecule has 0 aliphatic heterocycles. The van der Waals surface area contributed by atoms with Crippen LogP contribution in [0.2, 0.25) is 5.02 Å². The summed E-state index contributed by atoms with van der Waals surface area (Å²) in [5, 5.41) is 0.252. The highest BCUT2D eigenvalue weighted by Crippen LogP contribution is 2.31. The van der Waals surface area contributed by atoms with E-state index in [-0.39, 0.29) is 40.2 Å². The molecule has 0 unspecified atom stereocenters. The molecule has 3 rings (SSSR count). The molecule has 1 amide bonds. The second-order valence-corrected chi connectivity index (χ2v) is 5.20. The number of halogens is 3. The summed E-state index contributed by atoms with van der Waals surface area (Å²) < 4.78 is 14.2. The molecule has 0 spiro atoms. The third-order valence-electron chi connectivity index (χ3n) is 3.23. The third-order valence-corrected chi connectivity index (χ3v) is 3.47. The molecule has 2 aromatic heterocycles. The largest absolute Gasteiger partial charge is 0.368 e. The molecule has 5 N–H and O–H groups in total. The van der Waals surface area contributed by atoms with Crippen molar-refractivity contribution in [1.82, 2.24) is 15.0 Å². The zero-order valence-corrected chi connectivity index (χ0v) is 13.7. The predicted octanol–water partition coefficient (Wildman–Crippen LogP) is 3.03. The maximum atomic E-state index is 14.2. The van der Waals surface area contributed by atoms with Crippen LogP contribution in [-0.2, 0) is 0 Å². The van der Waals surface area contributed by atoms with Gasteiger partial charge in [0.2, 0.25) is 5.95 Å². The number of rotatable bonds is 3. The van der Waals surface area contributed by atoms with Crippen molar-refractivity contribution in [3.63, 3.8) is 0 Å².